The van der Waals surface area contributed by atoms with Crippen molar-refractivity contribution in [2.24, 2.45) is 4.40 Å². The van der Waals surface area contributed by atoms with Crippen molar-refractivity contribution in [1.82, 2.24) is 0 Å². The van der Waals surface area contributed by atoms with Crippen molar-refractivity contribution in [2.45, 2.75) is 5.51 Å². The van der Waals surface area contributed by atoms with Gasteiger partial charge in [-0.3, -0.25) is 0 Å². The third kappa shape index (κ3) is 3.50. The summed E-state index contributed by atoms with van der Waals surface area (Å²) in [5.41, 5.74) is -5.61. The van der Waals surface area contributed by atoms with Gasteiger partial charge in [0.1, 0.15) is 5.17 Å². The first-order chi connectivity index (χ1) is 8.04. The zero-order chi connectivity index (χ0) is 14.1. The summed E-state index contributed by atoms with van der Waals surface area (Å²) < 4.78 is 60.1. The van der Waals surface area contributed by atoms with E-state index < -0.39 is 20.7 Å². The van der Waals surface area contributed by atoms with Crippen molar-refractivity contribution in [2.75, 3.05) is 0 Å². The number of benzene rings is 1. The normalized spacial score (nSPS) is 13.8. The Bertz CT molecular complexity index is 598. The number of hydrogen-bond donors (Lipinski definition) is 0. The van der Waals surface area contributed by atoms with Crippen molar-refractivity contribution in [3.05, 3.63) is 33.8 Å². The highest BCUT2D eigenvalue weighted by atomic mass is 35.5. The molecule has 0 atom stereocenters. The van der Waals surface area contributed by atoms with Crippen LogP contribution >= 0.6 is 34.8 Å². The smallest absolute Gasteiger partial charge is 0.195 e. The van der Waals surface area contributed by atoms with E-state index in [0.29, 0.717) is 0 Å². The van der Waals surface area contributed by atoms with Crippen LogP contribution in [0.3, 0.4) is 0 Å². The Morgan fingerprint density at radius 1 is 1.17 bits per heavy atom. The van der Waals surface area contributed by atoms with Crippen LogP contribution in [-0.4, -0.2) is 19.1 Å². The Morgan fingerprint density at radius 2 is 1.72 bits per heavy atom. The Balaban J connectivity index is 3.23. The van der Waals surface area contributed by atoms with Gasteiger partial charge in [0.2, 0.25) is 0 Å². The summed E-state index contributed by atoms with van der Waals surface area (Å²) >= 11 is 16.6. The van der Waals surface area contributed by atoms with E-state index in [4.69, 9.17) is 34.8 Å². The molecule has 0 spiro atoms. The molecule has 0 amide bonds. The Hall–Kier alpha value is -0.500. The second-order valence-electron chi connectivity index (χ2n) is 2.93. The predicted molar refractivity (Wildman–Crippen MR) is 63.8 cm³/mol. The molecule has 0 fully saturated rings. The van der Waals surface area contributed by atoms with E-state index in [1.807, 2.05) is 0 Å². The van der Waals surface area contributed by atoms with Gasteiger partial charge in [-0.05, 0) is 12.1 Å². The van der Waals surface area contributed by atoms with E-state index in [-0.39, 0.29) is 15.6 Å². The molecular formula is C8H3Cl3F3NO2S. The molecule has 0 bridgehead atoms. The fourth-order valence-corrected chi connectivity index (χ4v) is 1.94. The van der Waals surface area contributed by atoms with Crippen molar-refractivity contribution < 1.29 is 21.6 Å². The molecule has 0 aliphatic rings. The SMILES string of the molecule is O=S(=O)(N=C(Cl)c1ccc(Cl)c(Cl)c1)C(F)(F)F. The van der Waals surface area contributed by atoms with Gasteiger partial charge in [0.05, 0.1) is 10.0 Å². The highest BCUT2D eigenvalue weighted by Gasteiger charge is 2.46. The molecule has 0 aromatic heterocycles. The van der Waals surface area contributed by atoms with Gasteiger partial charge in [-0.1, -0.05) is 40.9 Å². The molecule has 10 heteroatoms. The van der Waals surface area contributed by atoms with E-state index in [2.05, 4.69) is 4.40 Å². The van der Waals surface area contributed by atoms with Crippen molar-refractivity contribution in [1.29, 1.82) is 0 Å². The predicted octanol–water partition coefficient (Wildman–Crippen LogP) is 3.83. The van der Waals surface area contributed by atoms with Crippen LogP contribution < -0.4 is 0 Å². The monoisotopic (exact) mass is 339 g/mol. The number of hydrogen-bond acceptors (Lipinski definition) is 2. The van der Waals surface area contributed by atoms with Crippen molar-refractivity contribution in [3.8, 4) is 0 Å². The van der Waals surface area contributed by atoms with E-state index in [1.165, 1.54) is 12.1 Å². The standard InChI is InChI=1S/C8H3Cl3F3NO2S/c9-5-2-1-4(3-6(5)10)7(11)15-18(16,17)8(12,13)14/h1-3H. The van der Waals surface area contributed by atoms with E-state index in [9.17, 15) is 21.6 Å². The van der Waals surface area contributed by atoms with Gasteiger partial charge >= 0.3 is 15.5 Å². The first-order valence-corrected chi connectivity index (χ1v) is 6.64. The van der Waals surface area contributed by atoms with Gasteiger partial charge in [-0.15, -0.1) is 4.40 Å². The van der Waals surface area contributed by atoms with Crippen molar-refractivity contribution >= 4 is 50.0 Å². The summed E-state index contributed by atoms with van der Waals surface area (Å²) in [6.07, 6.45) is 0. The fraction of sp³-hybridized carbons (Fsp3) is 0.125. The highest BCUT2D eigenvalue weighted by Crippen LogP contribution is 2.27. The van der Waals surface area contributed by atoms with Gasteiger partial charge in [-0.25, -0.2) is 0 Å². The van der Waals surface area contributed by atoms with Crippen molar-refractivity contribution in [3.63, 3.8) is 0 Å². The molecule has 18 heavy (non-hydrogen) atoms. The van der Waals surface area contributed by atoms with Crippen LogP contribution in [0.5, 0.6) is 0 Å². The summed E-state index contributed by atoms with van der Waals surface area (Å²) in [5.74, 6) is 0. The molecule has 1 rings (SSSR count). The van der Waals surface area contributed by atoms with Crippen LogP contribution in [0.2, 0.25) is 10.0 Å². The molecule has 0 saturated carbocycles. The Kier molecular flexibility index (Phi) is 4.53. The first-order valence-electron chi connectivity index (χ1n) is 4.07. The van der Waals surface area contributed by atoms with Crippen LogP contribution in [0.1, 0.15) is 5.56 Å². The van der Waals surface area contributed by atoms with Crippen LogP contribution in [-0.2, 0) is 10.0 Å². The Morgan fingerprint density at radius 3 is 2.17 bits per heavy atom. The number of rotatable bonds is 2. The third-order valence-electron chi connectivity index (χ3n) is 1.65. The maximum Gasteiger partial charge on any atom is 0.518 e. The second-order valence-corrected chi connectivity index (χ2v) is 5.70. The molecule has 1 aromatic rings. The minimum absolute atomic E-state index is 0.00641. The molecule has 0 N–H and O–H groups in total. The molecule has 0 saturated heterocycles. The van der Waals surface area contributed by atoms with Gasteiger partial charge in [0.15, 0.2) is 0 Å². The third-order valence-corrected chi connectivity index (χ3v) is 3.80. The van der Waals surface area contributed by atoms with Gasteiger partial charge in [0, 0.05) is 5.56 Å². The molecule has 0 radical (unpaired) electrons. The lowest BCUT2D eigenvalue weighted by Gasteiger charge is -2.04. The molecule has 3 nitrogen and oxygen atoms in total. The number of nitrogens with zero attached hydrogens (tertiary/aromatic N) is 1. The van der Waals surface area contributed by atoms with E-state index >= 15 is 0 Å². The van der Waals surface area contributed by atoms with Crippen LogP contribution in [0.4, 0.5) is 13.2 Å². The minimum atomic E-state index is -5.69. The van der Waals surface area contributed by atoms with Gasteiger partial charge < -0.3 is 0 Å². The first kappa shape index (κ1) is 15.6. The lowest BCUT2D eigenvalue weighted by Crippen LogP contribution is -2.21. The second kappa shape index (κ2) is 5.24. The molecule has 0 aliphatic heterocycles. The molecule has 0 aliphatic carbocycles. The molecule has 100 valence electrons. The van der Waals surface area contributed by atoms with E-state index in [0.717, 1.165) is 6.07 Å². The largest absolute Gasteiger partial charge is 0.518 e. The van der Waals surface area contributed by atoms with Crippen LogP contribution in [0, 0.1) is 0 Å². The summed E-state index contributed by atoms with van der Waals surface area (Å²) in [4.78, 5) is 0. The maximum atomic E-state index is 12.1. The molecule has 1 aromatic carbocycles. The molecule has 0 unspecified atom stereocenters. The highest BCUT2D eigenvalue weighted by molar-refractivity contribution is 7.91. The van der Waals surface area contributed by atoms with E-state index in [1.54, 1.807) is 0 Å². The topological polar surface area (TPSA) is 46.5 Å². The number of alkyl halides is 3. The zero-order valence-electron chi connectivity index (χ0n) is 8.17. The fourth-order valence-electron chi connectivity index (χ4n) is 0.834. The lowest BCUT2D eigenvalue weighted by molar-refractivity contribution is -0.0435. The quantitative estimate of drug-likeness (QED) is 0.768. The Labute approximate surface area is 115 Å². The van der Waals surface area contributed by atoms with Gasteiger partial charge in [-0.2, -0.15) is 21.6 Å². The van der Waals surface area contributed by atoms with Gasteiger partial charge in [0.25, 0.3) is 0 Å². The van der Waals surface area contributed by atoms with Crippen LogP contribution in [0.25, 0.3) is 0 Å². The minimum Gasteiger partial charge on any atom is -0.195 e. The summed E-state index contributed by atoms with van der Waals surface area (Å²) in [5, 5.41) is -0.707. The average Bonchev–Trinajstić information content (AvgIpc) is 2.19. The summed E-state index contributed by atoms with van der Waals surface area (Å²) in [7, 11) is -5.69. The summed E-state index contributed by atoms with van der Waals surface area (Å²) in [6, 6.07) is 3.53. The molecule has 0 heterocycles. The summed E-state index contributed by atoms with van der Waals surface area (Å²) in [6.45, 7) is 0. The zero-order valence-corrected chi connectivity index (χ0v) is 11.3. The average molecular weight is 341 g/mol. The number of halogens is 6. The number of sulfonamides is 1. The van der Waals surface area contributed by atoms with Crippen LogP contribution in [0.15, 0.2) is 22.6 Å². The lowest BCUT2D eigenvalue weighted by atomic mass is 10.2. The molecular weight excluding hydrogens is 338 g/mol. The maximum absolute atomic E-state index is 12.1.